The second-order valence-corrected chi connectivity index (χ2v) is 3.17. The topological polar surface area (TPSA) is 40.9 Å². The van der Waals surface area contributed by atoms with Gasteiger partial charge in [0, 0.05) is 5.56 Å². The summed E-state index contributed by atoms with van der Waals surface area (Å²) in [5.74, 6) is -0.579. The highest BCUT2D eigenvalue weighted by molar-refractivity contribution is 5.92. The van der Waals surface area contributed by atoms with E-state index in [-0.39, 0.29) is 0 Å². The molecule has 2 nitrogen and oxygen atoms in total. The van der Waals surface area contributed by atoms with Crippen molar-refractivity contribution in [3.63, 3.8) is 0 Å². The van der Waals surface area contributed by atoms with Gasteiger partial charge in [-0.2, -0.15) is 0 Å². The van der Waals surface area contributed by atoms with E-state index in [1.54, 1.807) is 6.07 Å². The van der Waals surface area contributed by atoms with Gasteiger partial charge in [-0.15, -0.1) is 0 Å². The Hall–Kier alpha value is -1.31. The third-order valence-corrected chi connectivity index (χ3v) is 2.36. The quantitative estimate of drug-likeness (QED) is 0.615. The molecule has 1 amide bonds. The minimum atomic E-state index is -0.579. The number of carbonyl (C=O) groups excluding carboxylic acids is 1. The maximum absolute atomic E-state index is 10.7. The molecule has 0 heterocycles. The van der Waals surface area contributed by atoms with Crippen LogP contribution in [0.3, 0.4) is 0 Å². The lowest BCUT2D eigenvalue weighted by Crippen LogP contribution is -1.99. The van der Waals surface area contributed by atoms with Gasteiger partial charge in [0.1, 0.15) is 0 Å². The lowest BCUT2D eigenvalue weighted by Gasteiger charge is -1.99. The number of hydrogen-bond donors (Lipinski definition) is 0. The SMILES string of the molecule is [NH]C(=O)c1ccc2c(c1)CCC2. The van der Waals surface area contributed by atoms with Gasteiger partial charge in [-0.05, 0) is 42.5 Å². The first-order chi connectivity index (χ1) is 5.77. The van der Waals surface area contributed by atoms with Crippen molar-refractivity contribution in [2.75, 3.05) is 0 Å². The van der Waals surface area contributed by atoms with Gasteiger partial charge in [0.05, 0.1) is 0 Å². The number of carbonyl (C=O) groups is 1. The van der Waals surface area contributed by atoms with E-state index < -0.39 is 5.91 Å². The number of nitrogens with one attached hydrogen (secondary N) is 1. The minimum Gasteiger partial charge on any atom is -0.267 e. The van der Waals surface area contributed by atoms with Crippen molar-refractivity contribution in [3.05, 3.63) is 34.9 Å². The molecule has 0 unspecified atom stereocenters. The summed E-state index contributed by atoms with van der Waals surface area (Å²) < 4.78 is 0. The maximum Gasteiger partial charge on any atom is 0.269 e. The van der Waals surface area contributed by atoms with Crippen LogP contribution in [0, 0.1) is 0 Å². The van der Waals surface area contributed by atoms with Crippen molar-refractivity contribution in [1.82, 2.24) is 5.73 Å². The molecule has 0 saturated heterocycles. The van der Waals surface area contributed by atoms with Crippen molar-refractivity contribution in [3.8, 4) is 0 Å². The molecule has 2 heteroatoms. The molecule has 1 aliphatic rings. The monoisotopic (exact) mass is 160 g/mol. The largest absolute Gasteiger partial charge is 0.269 e. The number of benzene rings is 1. The summed E-state index contributed by atoms with van der Waals surface area (Å²) in [5, 5.41) is 0. The third-order valence-electron chi connectivity index (χ3n) is 2.36. The number of rotatable bonds is 1. The average molecular weight is 160 g/mol. The van der Waals surface area contributed by atoms with Crippen LogP contribution in [0.25, 0.3) is 0 Å². The van der Waals surface area contributed by atoms with Crippen LogP contribution in [0.4, 0.5) is 0 Å². The fraction of sp³-hybridized carbons (Fsp3) is 0.300. The van der Waals surface area contributed by atoms with Crippen molar-refractivity contribution in [2.45, 2.75) is 19.3 Å². The molecule has 0 aromatic heterocycles. The van der Waals surface area contributed by atoms with E-state index in [2.05, 4.69) is 0 Å². The average Bonchev–Trinajstić information content (AvgIpc) is 2.49. The van der Waals surface area contributed by atoms with Gasteiger partial charge in [-0.25, -0.2) is 0 Å². The Morgan fingerprint density at radius 2 is 2.00 bits per heavy atom. The van der Waals surface area contributed by atoms with Crippen molar-refractivity contribution in [1.29, 1.82) is 0 Å². The summed E-state index contributed by atoms with van der Waals surface area (Å²) in [5.41, 5.74) is 10.1. The van der Waals surface area contributed by atoms with E-state index in [9.17, 15) is 4.79 Å². The Morgan fingerprint density at radius 3 is 2.75 bits per heavy atom. The van der Waals surface area contributed by atoms with E-state index in [0.717, 1.165) is 12.8 Å². The Kier molecular flexibility index (Phi) is 1.61. The second kappa shape index (κ2) is 2.63. The van der Waals surface area contributed by atoms with E-state index in [0.29, 0.717) is 5.56 Å². The Balaban J connectivity index is 2.45. The normalized spacial score (nSPS) is 14.3. The molecule has 0 aliphatic heterocycles. The van der Waals surface area contributed by atoms with Crippen molar-refractivity contribution >= 4 is 5.91 Å². The summed E-state index contributed by atoms with van der Waals surface area (Å²) in [7, 11) is 0. The van der Waals surface area contributed by atoms with Crippen LogP contribution in [0.15, 0.2) is 18.2 Å². The molecule has 12 heavy (non-hydrogen) atoms. The lowest BCUT2D eigenvalue weighted by molar-refractivity contribution is 0.0992. The predicted molar refractivity (Wildman–Crippen MR) is 45.9 cm³/mol. The van der Waals surface area contributed by atoms with Gasteiger partial charge in [0.15, 0.2) is 0 Å². The molecular weight excluding hydrogens is 150 g/mol. The molecule has 1 radical (unpaired) electrons. The second-order valence-electron chi connectivity index (χ2n) is 3.17. The highest BCUT2D eigenvalue weighted by atomic mass is 16.1. The van der Waals surface area contributed by atoms with Gasteiger partial charge in [-0.3, -0.25) is 10.5 Å². The molecule has 1 aromatic rings. The van der Waals surface area contributed by atoms with Crippen LogP contribution in [0.1, 0.15) is 27.9 Å². The maximum atomic E-state index is 10.7. The minimum absolute atomic E-state index is 0.524. The first kappa shape index (κ1) is 7.35. The summed E-state index contributed by atoms with van der Waals surface area (Å²) in [6.45, 7) is 0. The fourth-order valence-electron chi connectivity index (χ4n) is 1.71. The van der Waals surface area contributed by atoms with E-state index in [1.165, 1.54) is 17.5 Å². The molecule has 2 rings (SSSR count). The van der Waals surface area contributed by atoms with E-state index in [1.807, 2.05) is 12.1 Å². The molecule has 1 N–H and O–H groups in total. The smallest absolute Gasteiger partial charge is 0.267 e. The molecule has 0 fully saturated rings. The van der Waals surface area contributed by atoms with Crippen LogP contribution in [0.2, 0.25) is 0 Å². The van der Waals surface area contributed by atoms with Crippen molar-refractivity contribution in [2.24, 2.45) is 0 Å². The summed E-state index contributed by atoms with van der Waals surface area (Å²) >= 11 is 0. The van der Waals surface area contributed by atoms with Crippen molar-refractivity contribution < 1.29 is 4.79 Å². The summed E-state index contributed by atoms with van der Waals surface area (Å²) in [6.07, 6.45) is 3.38. The van der Waals surface area contributed by atoms with Crippen LogP contribution < -0.4 is 5.73 Å². The third kappa shape index (κ3) is 1.09. The number of hydrogen-bond acceptors (Lipinski definition) is 1. The number of amides is 1. The highest BCUT2D eigenvalue weighted by Crippen LogP contribution is 2.22. The van der Waals surface area contributed by atoms with Gasteiger partial charge in [0.2, 0.25) is 0 Å². The van der Waals surface area contributed by atoms with Crippen LogP contribution in [0.5, 0.6) is 0 Å². The molecule has 0 saturated carbocycles. The summed E-state index contributed by atoms with van der Waals surface area (Å²) in [4.78, 5) is 10.7. The zero-order valence-corrected chi connectivity index (χ0v) is 6.76. The van der Waals surface area contributed by atoms with Crippen LogP contribution in [-0.2, 0) is 12.8 Å². The van der Waals surface area contributed by atoms with E-state index in [4.69, 9.17) is 5.73 Å². The number of aryl methyl sites for hydroxylation is 2. The first-order valence-electron chi connectivity index (χ1n) is 4.15. The highest BCUT2D eigenvalue weighted by Gasteiger charge is 2.12. The standard InChI is InChI=1S/C10H10NO/c11-10(12)9-5-4-7-2-1-3-8(7)6-9/h4-6,11H,1-3H2. The fourth-order valence-corrected chi connectivity index (χ4v) is 1.71. The zero-order chi connectivity index (χ0) is 8.55. The zero-order valence-electron chi connectivity index (χ0n) is 6.76. The molecule has 0 spiro atoms. The van der Waals surface area contributed by atoms with Gasteiger partial charge < -0.3 is 0 Å². The van der Waals surface area contributed by atoms with Crippen LogP contribution >= 0.6 is 0 Å². The van der Waals surface area contributed by atoms with Gasteiger partial charge in [-0.1, -0.05) is 6.07 Å². The molecule has 1 aliphatic carbocycles. The Bertz CT molecular complexity index is 331. The predicted octanol–water partition coefficient (Wildman–Crippen LogP) is 1.60. The molecular formula is C10H10NO. The molecule has 0 bridgehead atoms. The van der Waals surface area contributed by atoms with Crippen LogP contribution in [-0.4, -0.2) is 5.91 Å². The molecule has 0 atom stereocenters. The first-order valence-corrected chi connectivity index (χ1v) is 4.15. The number of fused-ring (bicyclic) bond motifs is 1. The Labute approximate surface area is 71.4 Å². The lowest BCUT2D eigenvalue weighted by atomic mass is 10.1. The Morgan fingerprint density at radius 1 is 1.25 bits per heavy atom. The van der Waals surface area contributed by atoms with Gasteiger partial charge in [0.25, 0.3) is 5.91 Å². The van der Waals surface area contributed by atoms with E-state index >= 15 is 0 Å². The van der Waals surface area contributed by atoms with Gasteiger partial charge >= 0.3 is 0 Å². The summed E-state index contributed by atoms with van der Waals surface area (Å²) in [6, 6.07) is 5.58. The molecule has 1 aromatic carbocycles. The molecule has 61 valence electrons.